The van der Waals surface area contributed by atoms with Crippen molar-refractivity contribution < 1.29 is 14.3 Å². The van der Waals surface area contributed by atoms with Crippen LogP contribution in [0.5, 0.6) is 5.75 Å². The number of nitrogens with zero attached hydrogens (tertiary/aromatic N) is 3. The molecule has 3 rings (SSSR count). The quantitative estimate of drug-likeness (QED) is 0.912. The van der Waals surface area contributed by atoms with Crippen molar-refractivity contribution in [2.45, 2.75) is 12.8 Å². The van der Waals surface area contributed by atoms with Crippen LogP contribution in [0, 0.1) is 0 Å². The fourth-order valence-corrected chi connectivity index (χ4v) is 2.48. The van der Waals surface area contributed by atoms with Gasteiger partial charge in [-0.25, -0.2) is 4.98 Å². The third kappa shape index (κ3) is 3.51. The molecular weight excluding hydrogens is 308 g/mol. The Hall–Kier alpha value is -2.96. The highest BCUT2D eigenvalue weighted by molar-refractivity contribution is 5.95. The first-order valence-electron chi connectivity index (χ1n) is 7.71. The number of hydrogen-bond donors (Lipinski definition) is 1. The van der Waals surface area contributed by atoms with Crippen LogP contribution >= 0.6 is 0 Å². The maximum absolute atomic E-state index is 11.9. The van der Waals surface area contributed by atoms with Gasteiger partial charge in [-0.1, -0.05) is 6.07 Å². The SMILES string of the molecule is CN1C(=O)CCOc2ccc(CCNC(=O)c3cnccn3)cc21. The van der Waals surface area contributed by atoms with E-state index in [-0.39, 0.29) is 17.5 Å². The van der Waals surface area contributed by atoms with E-state index in [2.05, 4.69) is 15.3 Å². The van der Waals surface area contributed by atoms with Gasteiger partial charge >= 0.3 is 0 Å². The molecule has 1 aliphatic heterocycles. The molecule has 2 amide bonds. The van der Waals surface area contributed by atoms with Gasteiger partial charge in [0, 0.05) is 26.0 Å². The van der Waals surface area contributed by atoms with Crippen LogP contribution in [0.15, 0.2) is 36.8 Å². The summed E-state index contributed by atoms with van der Waals surface area (Å²) in [5.41, 5.74) is 2.06. The zero-order chi connectivity index (χ0) is 16.9. The molecule has 0 bridgehead atoms. The topological polar surface area (TPSA) is 84.4 Å². The zero-order valence-electron chi connectivity index (χ0n) is 13.4. The van der Waals surface area contributed by atoms with Crippen molar-refractivity contribution in [3.63, 3.8) is 0 Å². The standard InChI is InChI=1S/C17H18N4O3/c1-21-14-10-12(2-3-15(14)24-9-5-16(21)22)4-6-20-17(23)13-11-18-7-8-19-13/h2-3,7-8,10-11H,4-6,9H2,1H3,(H,20,23). The van der Waals surface area contributed by atoms with E-state index >= 15 is 0 Å². The molecule has 1 aliphatic rings. The van der Waals surface area contributed by atoms with Gasteiger partial charge in [0.05, 0.1) is 24.9 Å². The van der Waals surface area contributed by atoms with Crippen LogP contribution in [0.3, 0.4) is 0 Å². The second kappa shape index (κ2) is 7.08. The first kappa shape index (κ1) is 15.9. The molecule has 0 atom stereocenters. The number of carbonyl (C=O) groups is 2. The normalized spacial score (nSPS) is 13.7. The van der Waals surface area contributed by atoms with Crippen molar-refractivity contribution in [1.82, 2.24) is 15.3 Å². The average molecular weight is 326 g/mol. The molecule has 7 heteroatoms. The lowest BCUT2D eigenvalue weighted by Crippen LogP contribution is -2.27. The molecule has 1 N–H and O–H groups in total. The Morgan fingerprint density at radius 2 is 2.25 bits per heavy atom. The van der Waals surface area contributed by atoms with Crippen LogP contribution in [0.25, 0.3) is 0 Å². The highest BCUT2D eigenvalue weighted by Crippen LogP contribution is 2.31. The lowest BCUT2D eigenvalue weighted by Gasteiger charge is -2.17. The summed E-state index contributed by atoms with van der Waals surface area (Å²) in [5, 5.41) is 2.81. The van der Waals surface area contributed by atoms with E-state index in [1.807, 2.05) is 18.2 Å². The van der Waals surface area contributed by atoms with Crippen molar-refractivity contribution >= 4 is 17.5 Å². The first-order chi connectivity index (χ1) is 11.6. The smallest absolute Gasteiger partial charge is 0.271 e. The van der Waals surface area contributed by atoms with Gasteiger partial charge < -0.3 is 15.0 Å². The van der Waals surface area contributed by atoms with Crippen LogP contribution in [-0.2, 0) is 11.2 Å². The summed E-state index contributed by atoms with van der Waals surface area (Å²) < 4.78 is 5.60. The van der Waals surface area contributed by atoms with Crippen LogP contribution in [-0.4, -0.2) is 42.0 Å². The second-order valence-corrected chi connectivity index (χ2v) is 5.45. The third-order valence-corrected chi connectivity index (χ3v) is 3.83. The highest BCUT2D eigenvalue weighted by atomic mass is 16.5. The van der Waals surface area contributed by atoms with Gasteiger partial charge in [0.15, 0.2) is 0 Å². The summed E-state index contributed by atoms with van der Waals surface area (Å²) in [6.45, 7) is 0.858. The molecule has 0 spiro atoms. The summed E-state index contributed by atoms with van der Waals surface area (Å²) in [6.07, 6.45) is 5.44. The minimum absolute atomic E-state index is 0.0295. The number of fused-ring (bicyclic) bond motifs is 1. The minimum atomic E-state index is -0.256. The predicted molar refractivity (Wildman–Crippen MR) is 88.0 cm³/mol. The second-order valence-electron chi connectivity index (χ2n) is 5.45. The largest absolute Gasteiger partial charge is 0.491 e. The van der Waals surface area contributed by atoms with Crippen LogP contribution < -0.4 is 15.0 Å². The van der Waals surface area contributed by atoms with Crippen molar-refractivity contribution in [2.24, 2.45) is 0 Å². The Morgan fingerprint density at radius 1 is 1.38 bits per heavy atom. The molecule has 24 heavy (non-hydrogen) atoms. The number of amides is 2. The average Bonchev–Trinajstić information content (AvgIpc) is 2.75. The molecule has 0 saturated carbocycles. The number of nitrogens with one attached hydrogen (secondary N) is 1. The monoisotopic (exact) mass is 326 g/mol. The van der Waals surface area contributed by atoms with Crippen LogP contribution in [0.1, 0.15) is 22.5 Å². The van der Waals surface area contributed by atoms with Crippen molar-refractivity contribution in [3.8, 4) is 5.75 Å². The Balaban J connectivity index is 1.63. The molecule has 124 valence electrons. The number of benzene rings is 1. The van der Waals surface area contributed by atoms with E-state index in [0.717, 1.165) is 11.3 Å². The van der Waals surface area contributed by atoms with Crippen LogP contribution in [0.2, 0.25) is 0 Å². The number of ether oxygens (including phenoxy) is 1. The first-order valence-corrected chi connectivity index (χ1v) is 7.71. The summed E-state index contributed by atoms with van der Waals surface area (Å²) >= 11 is 0. The molecule has 0 fully saturated rings. The maximum Gasteiger partial charge on any atom is 0.271 e. The predicted octanol–water partition coefficient (Wildman–Crippen LogP) is 1.19. The van der Waals surface area contributed by atoms with Crippen molar-refractivity contribution in [1.29, 1.82) is 0 Å². The number of anilines is 1. The van der Waals surface area contributed by atoms with Gasteiger partial charge in [-0.3, -0.25) is 14.6 Å². The van der Waals surface area contributed by atoms with Crippen LogP contribution in [0.4, 0.5) is 5.69 Å². The molecule has 1 aromatic carbocycles. The third-order valence-electron chi connectivity index (χ3n) is 3.83. The summed E-state index contributed by atoms with van der Waals surface area (Å²) in [5.74, 6) is 0.478. The van der Waals surface area contributed by atoms with Crippen molar-refractivity contribution in [2.75, 3.05) is 25.1 Å². The molecule has 0 unspecified atom stereocenters. The van der Waals surface area contributed by atoms with Gasteiger partial charge in [-0.15, -0.1) is 0 Å². The lowest BCUT2D eigenvalue weighted by atomic mass is 10.1. The van der Waals surface area contributed by atoms with Crippen molar-refractivity contribution in [3.05, 3.63) is 48.0 Å². The number of carbonyl (C=O) groups excluding carboxylic acids is 2. The summed E-state index contributed by atoms with van der Waals surface area (Å²) in [4.78, 5) is 33.3. The Labute approximate surface area is 139 Å². The molecule has 7 nitrogen and oxygen atoms in total. The molecule has 2 aromatic rings. The molecular formula is C17H18N4O3. The molecule has 2 heterocycles. The van der Waals surface area contributed by atoms with E-state index in [9.17, 15) is 9.59 Å². The lowest BCUT2D eigenvalue weighted by molar-refractivity contribution is -0.118. The molecule has 0 aliphatic carbocycles. The minimum Gasteiger partial charge on any atom is -0.491 e. The maximum atomic E-state index is 11.9. The van der Waals surface area contributed by atoms with Gasteiger partial charge in [0.1, 0.15) is 11.4 Å². The van der Waals surface area contributed by atoms with E-state index in [1.54, 1.807) is 11.9 Å². The summed E-state index contributed by atoms with van der Waals surface area (Å²) in [7, 11) is 1.75. The zero-order valence-corrected chi connectivity index (χ0v) is 13.4. The molecule has 0 saturated heterocycles. The molecule has 0 radical (unpaired) electrons. The van der Waals surface area contributed by atoms with E-state index in [0.29, 0.717) is 31.7 Å². The van der Waals surface area contributed by atoms with Gasteiger partial charge in [0.2, 0.25) is 5.91 Å². The van der Waals surface area contributed by atoms with Gasteiger partial charge in [-0.05, 0) is 24.1 Å². The van der Waals surface area contributed by atoms with E-state index in [4.69, 9.17) is 4.74 Å². The molecule has 1 aromatic heterocycles. The number of hydrogen-bond acceptors (Lipinski definition) is 5. The Kier molecular flexibility index (Phi) is 4.69. The Bertz CT molecular complexity index is 749. The Morgan fingerprint density at radius 3 is 3.04 bits per heavy atom. The number of rotatable bonds is 4. The van der Waals surface area contributed by atoms with Gasteiger partial charge in [-0.2, -0.15) is 0 Å². The number of aromatic nitrogens is 2. The summed E-state index contributed by atoms with van der Waals surface area (Å²) in [6, 6.07) is 5.73. The fourth-order valence-electron chi connectivity index (χ4n) is 2.48. The van der Waals surface area contributed by atoms with E-state index in [1.165, 1.54) is 18.6 Å². The fraction of sp³-hybridized carbons (Fsp3) is 0.294. The van der Waals surface area contributed by atoms with Gasteiger partial charge in [0.25, 0.3) is 5.91 Å². The van der Waals surface area contributed by atoms with E-state index < -0.39 is 0 Å². The highest BCUT2D eigenvalue weighted by Gasteiger charge is 2.20.